The molecule has 32 heavy (non-hydrogen) atoms. The fourth-order valence-corrected chi connectivity index (χ4v) is 5.42. The third kappa shape index (κ3) is 4.98. The minimum atomic E-state index is -3.79. The lowest BCUT2D eigenvalue weighted by molar-refractivity contribution is -0.117. The second-order valence-electron chi connectivity index (χ2n) is 7.22. The Morgan fingerprint density at radius 2 is 2.06 bits per heavy atom. The van der Waals surface area contributed by atoms with Crippen LogP contribution in [0.2, 0.25) is 5.02 Å². The van der Waals surface area contributed by atoms with Gasteiger partial charge in [-0.1, -0.05) is 16.8 Å². The first-order valence-electron chi connectivity index (χ1n) is 9.68. The van der Waals surface area contributed by atoms with E-state index in [0.29, 0.717) is 38.5 Å². The van der Waals surface area contributed by atoms with Crippen molar-refractivity contribution in [3.05, 3.63) is 51.7 Å². The van der Waals surface area contributed by atoms with Crippen LogP contribution in [0.3, 0.4) is 0 Å². The highest BCUT2D eigenvalue weighted by Crippen LogP contribution is 2.33. The Balaban J connectivity index is 1.48. The zero-order valence-electron chi connectivity index (χ0n) is 17.2. The summed E-state index contributed by atoms with van der Waals surface area (Å²) in [6, 6.07) is 7.83. The van der Waals surface area contributed by atoms with Crippen molar-refractivity contribution in [2.45, 2.75) is 24.0 Å². The molecule has 0 bridgehead atoms. The molecule has 0 saturated heterocycles. The van der Waals surface area contributed by atoms with Crippen LogP contribution < -0.4 is 14.8 Å². The van der Waals surface area contributed by atoms with Gasteiger partial charge in [-0.15, -0.1) is 11.3 Å². The number of sulfonamides is 1. The smallest absolute Gasteiger partial charge is 0.271 e. The van der Waals surface area contributed by atoms with Crippen LogP contribution in [0, 0.1) is 12.8 Å². The Hall–Kier alpha value is -2.82. The standard InChI is InChI=1S/C21H20ClN3O5S2/c1-12-20(23-21(26)13-3-4-13)18(30-24-12)9-6-15-7-10-19(31-15)32(27,28)25-14-5-8-17(29-2)16(22)11-14/h5-11,13,25H,3-4H2,1-2H3,(H,23,26). The topological polar surface area (TPSA) is 111 Å². The number of aromatic nitrogens is 1. The molecule has 0 atom stereocenters. The second-order valence-corrected chi connectivity index (χ2v) is 10.6. The third-order valence-corrected chi connectivity index (χ3v) is 7.97. The number of nitrogens with zero attached hydrogens (tertiary/aromatic N) is 1. The highest BCUT2D eigenvalue weighted by atomic mass is 35.5. The molecule has 11 heteroatoms. The van der Waals surface area contributed by atoms with E-state index in [1.807, 2.05) is 0 Å². The van der Waals surface area contributed by atoms with Gasteiger partial charge in [-0.2, -0.15) is 0 Å². The normalized spacial score (nSPS) is 14.0. The van der Waals surface area contributed by atoms with Gasteiger partial charge in [-0.05, 0) is 62.2 Å². The summed E-state index contributed by atoms with van der Waals surface area (Å²) in [4.78, 5) is 12.8. The van der Waals surface area contributed by atoms with Crippen LogP contribution in [0.5, 0.6) is 5.75 Å². The van der Waals surface area contributed by atoms with Crippen LogP contribution in [-0.2, 0) is 14.8 Å². The molecule has 1 aromatic carbocycles. The Morgan fingerprint density at radius 3 is 2.75 bits per heavy atom. The van der Waals surface area contributed by atoms with Gasteiger partial charge >= 0.3 is 0 Å². The van der Waals surface area contributed by atoms with Crippen molar-refractivity contribution < 1.29 is 22.5 Å². The predicted molar refractivity (Wildman–Crippen MR) is 125 cm³/mol. The van der Waals surface area contributed by atoms with E-state index >= 15 is 0 Å². The van der Waals surface area contributed by atoms with Crippen molar-refractivity contribution in [3.63, 3.8) is 0 Å². The number of ether oxygens (including phenoxy) is 1. The number of hydrogen-bond donors (Lipinski definition) is 2. The number of halogens is 1. The number of methoxy groups -OCH3 is 1. The SMILES string of the molecule is COc1ccc(NS(=O)(=O)c2ccc(C=Cc3onc(C)c3NC(=O)C3CC3)s2)cc1Cl. The summed E-state index contributed by atoms with van der Waals surface area (Å²) in [5.41, 5.74) is 1.44. The van der Waals surface area contributed by atoms with E-state index in [1.165, 1.54) is 19.2 Å². The number of hydrogen-bond acceptors (Lipinski definition) is 7. The number of benzene rings is 1. The number of nitrogens with one attached hydrogen (secondary N) is 2. The average Bonchev–Trinajstić information content (AvgIpc) is 3.39. The van der Waals surface area contributed by atoms with Crippen LogP contribution in [0.15, 0.2) is 39.1 Å². The van der Waals surface area contributed by atoms with Crippen molar-refractivity contribution in [2.24, 2.45) is 5.92 Å². The molecule has 2 heterocycles. The molecule has 0 radical (unpaired) electrons. The quantitative estimate of drug-likeness (QED) is 0.455. The van der Waals surface area contributed by atoms with E-state index in [0.717, 1.165) is 24.2 Å². The van der Waals surface area contributed by atoms with Gasteiger partial charge < -0.3 is 14.6 Å². The Kier molecular flexibility index (Phi) is 6.27. The lowest BCUT2D eigenvalue weighted by Gasteiger charge is -2.08. The van der Waals surface area contributed by atoms with Gasteiger partial charge in [0, 0.05) is 10.8 Å². The number of rotatable bonds is 8. The predicted octanol–water partition coefficient (Wildman–Crippen LogP) is 5.03. The molecule has 8 nitrogen and oxygen atoms in total. The minimum Gasteiger partial charge on any atom is -0.495 e. The molecule has 168 valence electrons. The van der Waals surface area contributed by atoms with Gasteiger partial charge in [-0.25, -0.2) is 8.42 Å². The summed E-state index contributed by atoms with van der Waals surface area (Å²) in [5, 5.41) is 7.07. The maximum atomic E-state index is 12.7. The summed E-state index contributed by atoms with van der Waals surface area (Å²) >= 11 is 7.16. The zero-order valence-corrected chi connectivity index (χ0v) is 19.6. The van der Waals surface area contributed by atoms with E-state index in [2.05, 4.69) is 15.2 Å². The van der Waals surface area contributed by atoms with E-state index < -0.39 is 10.0 Å². The lowest BCUT2D eigenvalue weighted by Crippen LogP contribution is -2.14. The first-order chi connectivity index (χ1) is 15.3. The minimum absolute atomic E-state index is 0.0415. The second kappa shape index (κ2) is 8.97. The molecular weight excluding hydrogens is 474 g/mol. The van der Waals surface area contributed by atoms with E-state index in [4.69, 9.17) is 20.9 Å². The van der Waals surface area contributed by atoms with Gasteiger partial charge in [0.1, 0.15) is 21.3 Å². The van der Waals surface area contributed by atoms with Gasteiger partial charge in [0.15, 0.2) is 5.76 Å². The molecule has 0 unspecified atom stereocenters. The van der Waals surface area contributed by atoms with Crippen LogP contribution in [0.25, 0.3) is 12.2 Å². The zero-order chi connectivity index (χ0) is 22.9. The van der Waals surface area contributed by atoms with E-state index in [1.54, 1.807) is 37.3 Å². The molecule has 0 aliphatic heterocycles. The molecule has 0 spiro atoms. The number of carbonyl (C=O) groups is 1. The number of carbonyl (C=O) groups excluding carboxylic acids is 1. The molecule has 1 amide bonds. The number of thiophene rings is 1. The molecule has 2 N–H and O–H groups in total. The maximum absolute atomic E-state index is 12.7. The first kappa shape index (κ1) is 22.4. The maximum Gasteiger partial charge on any atom is 0.271 e. The van der Waals surface area contributed by atoms with E-state index in [9.17, 15) is 13.2 Å². The van der Waals surface area contributed by atoms with Gasteiger partial charge in [0.05, 0.1) is 17.8 Å². The molecule has 3 aromatic rings. The first-order valence-corrected chi connectivity index (χ1v) is 12.4. The average molecular weight is 494 g/mol. The fraction of sp³-hybridized carbons (Fsp3) is 0.238. The Morgan fingerprint density at radius 1 is 1.28 bits per heavy atom. The number of amides is 1. The van der Waals surface area contributed by atoms with Crippen LogP contribution in [-0.4, -0.2) is 26.6 Å². The van der Waals surface area contributed by atoms with Gasteiger partial charge in [-0.3, -0.25) is 9.52 Å². The molecule has 1 aliphatic carbocycles. The Labute approximate surface area is 194 Å². The fourth-order valence-electron chi connectivity index (χ4n) is 2.89. The number of aryl methyl sites for hydroxylation is 1. The van der Waals surface area contributed by atoms with Crippen molar-refractivity contribution >= 4 is 62.4 Å². The summed E-state index contributed by atoms with van der Waals surface area (Å²) in [6.07, 6.45) is 5.15. The largest absolute Gasteiger partial charge is 0.495 e. The molecule has 1 saturated carbocycles. The summed E-state index contributed by atoms with van der Waals surface area (Å²) < 4.78 is 38.5. The van der Waals surface area contributed by atoms with Crippen LogP contribution >= 0.6 is 22.9 Å². The molecular formula is C21H20ClN3O5S2. The van der Waals surface area contributed by atoms with Gasteiger partial charge in [0.25, 0.3) is 10.0 Å². The Bertz CT molecular complexity index is 1290. The third-order valence-electron chi connectivity index (χ3n) is 4.76. The number of anilines is 2. The van der Waals surface area contributed by atoms with Crippen molar-refractivity contribution in [1.29, 1.82) is 0 Å². The van der Waals surface area contributed by atoms with Gasteiger partial charge in [0.2, 0.25) is 5.91 Å². The highest BCUT2D eigenvalue weighted by molar-refractivity contribution is 7.94. The van der Waals surface area contributed by atoms with Crippen molar-refractivity contribution in [3.8, 4) is 5.75 Å². The molecule has 4 rings (SSSR count). The molecule has 1 fully saturated rings. The van der Waals surface area contributed by atoms with Crippen LogP contribution in [0.4, 0.5) is 11.4 Å². The molecule has 2 aromatic heterocycles. The van der Waals surface area contributed by atoms with Crippen molar-refractivity contribution in [2.75, 3.05) is 17.1 Å². The monoisotopic (exact) mass is 493 g/mol. The molecule has 1 aliphatic rings. The summed E-state index contributed by atoms with van der Waals surface area (Å²) in [5.74, 6) is 0.869. The lowest BCUT2D eigenvalue weighted by atomic mass is 10.2. The van der Waals surface area contributed by atoms with E-state index in [-0.39, 0.29) is 16.0 Å². The summed E-state index contributed by atoms with van der Waals surface area (Å²) in [6.45, 7) is 1.75. The highest BCUT2D eigenvalue weighted by Gasteiger charge is 2.30. The van der Waals surface area contributed by atoms with Crippen LogP contribution in [0.1, 0.15) is 29.2 Å². The summed E-state index contributed by atoms with van der Waals surface area (Å²) in [7, 11) is -2.31. The van der Waals surface area contributed by atoms with Crippen molar-refractivity contribution in [1.82, 2.24) is 5.16 Å².